The van der Waals surface area contributed by atoms with E-state index in [2.05, 4.69) is 70.7 Å². The maximum absolute atomic E-state index is 12.6. The number of hydrogen-bond donors (Lipinski definition) is 2. The van der Waals surface area contributed by atoms with E-state index in [-0.39, 0.29) is 30.6 Å². The zero-order valence-corrected chi connectivity index (χ0v) is 26.7. The predicted molar refractivity (Wildman–Crippen MR) is 180 cm³/mol. The van der Waals surface area contributed by atoms with Crippen molar-refractivity contribution in [1.82, 2.24) is 15.2 Å². The summed E-state index contributed by atoms with van der Waals surface area (Å²) >= 11 is 0. The minimum absolute atomic E-state index is 0.0103. The molecule has 1 amide bonds. The molecule has 2 aliphatic heterocycles. The molecule has 7 nitrogen and oxygen atoms in total. The van der Waals surface area contributed by atoms with Gasteiger partial charge in [0, 0.05) is 37.0 Å². The fraction of sp³-hybridized carbons (Fsp3) is 0.385. The number of aromatic nitrogens is 1. The Bertz CT molecular complexity index is 1550. The van der Waals surface area contributed by atoms with Gasteiger partial charge in [-0.05, 0) is 78.0 Å². The zero-order chi connectivity index (χ0) is 31.7. The lowest BCUT2D eigenvalue weighted by molar-refractivity contribution is -0.276. The van der Waals surface area contributed by atoms with E-state index in [0.29, 0.717) is 12.1 Å². The SMILES string of the molecule is C[C@H]1[C@@H](CN2CCCCCCC2)O[C@@H](c2cccc(-c3cccc(CNC(=O)c4cccnc4)c3)c2)O[C@H]1c1ccc(CO)cc1. The van der Waals surface area contributed by atoms with Gasteiger partial charge in [-0.25, -0.2) is 0 Å². The first-order chi connectivity index (χ1) is 22.6. The van der Waals surface area contributed by atoms with Crippen LogP contribution in [0.3, 0.4) is 0 Å². The first-order valence-corrected chi connectivity index (χ1v) is 16.7. The van der Waals surface area contributed by atoms with Crippen LogP contribution in [0, 0.1) is 5.92 Å². The van der Waals surface area contributed by atoms with E-state index in [4.69, 9.17) is 9.47 Å². The van der Waals surface area contributed by atoms with Crippen molar-refractivity contribution < 1.29 is 19.4 Å². The molecule has 0 aliphatic carbocycles. The van der Waals surface area contributed by atoms with E-state index in [9.17, 15) is 9.90 Å². The molecular weight excluding hydrogens is 574 g/mol. The van der Waals surface area contributed by atoms with E-state index in [1.165, 1.54) is 32.1 Å². The smallest absolute Gasteiger partial charge is 0.253 e. The van der Waals surface area contributed by atoms with Crippen LogP contribution in [0.5, 0.6) is 0 Å². The molecule has 240 valence electrons. The van der Waals surface area contributed by atoms with E-state index in [0.717, 1.165) is 53.0 Å². The van der Waals surface area contributed by atoms with Gasteiger partial charge in [-0.1, -0.05) is 86.8 Å². The van der Waals surface area contributed by atoms with Crippen molar-refractivity contribution in [2.75, 3.05) is 19.6 Å². The number of amides is 1. The highest BCUT2D eigenvalue weighted by molar-refractivity contribution is 5.93. The third-order valence-electron chi connectivity index (χ3n) is 9.31. The van der Waals surface area contributed by atoms with E-state index < -0.39 is 6.29 Å². The van der Waals surface area contributed by atoms with Crippen LogP contribution in [-0.2, 0) is 22.6 Å². The minimum atomic E-state index is -0.514. The maximum Gasteiger partial charge on any atom is 0.253 e. The Labute approximate surface area is 272 Å². The molecule has 3 aromatic carbocycles. The first kappa shape index (κ1) is 32.1. The summed E-state index contributed by atoms with van der Waals surface area (Å²) in [7, 11) is 0. The number of benzene rings is 3. The van der Waals surface area contributed by atoms with Crippen molar-refractivity contribution in [1.29, 1.82) is 0 Å². The van der Waals surface area contributed by atoms with E-state index in [1.807, 2.05) is 24.3 Å². The molecule has 1 aromatic heterocycles. The largest absolute Gasteiger partial charge is 0.392 e. The lowest BCUT2D eigenvalue weighted by atomic mass is 9.89. The van der Waals surface area contributed by atoms with Crippen molar-refractivity contribution in [3.05, 3.63) is 125 Å². The average Bonchev–Trinajstić information content (AvgIpc) is 3.09. The summed E-state index contributed by atoms with van der Waals surface area (Å²) in [6, 6.07) is 28.3. The topological polar surface area (TPSA) is 83.9 Å². The molecule has 0 bridgehead atoms. The van der Waals surface area contributed by atoms with Gasteiger partial charge in [0.25, 0.3) is 5.91 Å². The number of nitrogens with zero attached hydrogens (tertiary/aromatic N) is 2. The number of likely N-dealkylation sites (tertiary alicyclic amines) is 1. The molecule has 3 heterocycles. The van der Waals surface area contributed by atoms with Crippen molar-refractivity contribution in [2.45, 2.75) is 70.7 Å². The molecule has 4 atom stereocenters. The van der Waals surface area contributed by atoms with Gasteiger partial charge in [0.15, 0.2) is 6.29 Å². The molecule has 2 fully saturated rings. The Morgan fingerprint density at radius 2 is 1.59 bits per heavy atom. The second-order valence-electron chi connectivity index (χ2n) is 12.6. The summed E-state index contributed by atoms with van der Waals surface area (Å²) in [4.78, 5) is 19.2. The number of pyridine rings is 1. The number of nitrogens with one attached hydrogen (secondary N) is 1. The van der Waals surface area contributed by atoms with Crippen molar-refractivity contribution in [2.24, 2.45) is 5.92 Å². The van der Waals surface area contributed by atoms with Crippen LogP contribution in [0.15, 0.2) is 97.3 Å². The summed E-state index contributed by atoms with van der Waals surface area (Å²) in [6.45, 7) is 5.80. The molecule has 2 aliphatic rings. The number of ether oxygens (including phenoxy) is 2. The third kappa shape index (κ3) is 8.09. The number of aliphatic hydroxyl groups is 1. The van der Waals surface area contributed by atoms with Gasteiger partial charge >= 0.3 is 0 Å². The second-order valence-corrected chi connectivity index (χ2v) is 12.6. The van der Waals surface area contributed by atoms with Crippen LogP contribution in [-0.4, -0.2) is 46.6 Å². The highest BCUT2D eigenvalue weighted by Gasteiger charge is 2.39. The quantitative estimate of drug-likeness (QED) is 0.206. The van der Waals surface area contributed by atoms with Gasteiger partial charge < -0.3 is 24.8 Å². The Kier molecular flexibility index (Phi) is 10.9. The molecule has 6 rings (SSSR count). The van der Waals surface area contributed by atoms with Gasteiger partial charge in [-0.2, -0.15) is 0 Å². The Balaban J connectivity index is 1.22. The van der Waals surface area contributed by atoms with Gasteiger partial charge in [0.1, 0.15) is 0 Å². The summed E-state index contributed by atoms with van der Waals surface area (Å²) in [5, 5.41) is 12.6. The first-order valence-electron chi connectivity index (χ1n) is 16.7. The van der Waals surface area contributed by atoms with Crippen LogP contribution in [0.25, 0.3) is 11.1 Å². The molecule has 7 heteroatoms. The van der Waals surface area contributed by atoms with Gasteiger partial charge in [-0.3, -0.25) is 9.78 Å². The number of aliphatic hydroxyl groups excluding tert-OH is 1. The molecule has 46 heavy (non-hydrogen) atoms. The Morgan fingerprint density at radius 1 is 0.848 bits per heavy atom. The van der Waals surface area contributed by atoms with Crippen LogP contribution in [0.1, 0.15) is 84.0 Å². The number of carbonyl (C=O) groups is 1. The van der Waals surface area contributed by atoms with Crippen molar-refractivity contribution >= 4 is 5.91 Å². The van der Waals surface area contributed by atoms with Gasteiger partial charge in [0.2, 0.25) is 0 Å². The third-order valence-corrected chi connectivity index (χ3v) is 9.31. The standard InChI is InChI=1S/C39H45N3O4/c1-28-36(26-42-20-5-3-2-4-6-21-42)45-39(46-37(28)31-17-15-29(27-43)16-18-31)34-13-8-12-33(23-34)32-11-7-10-30(22-32)24-41-38(44)35-14-9-19-40-25-35/h7-19,22-23,25,28,36-37,39,43H,2-6,20-21,24,26-27H2,1H3,(H,41,44)/t28-,36+,37+,39+/m0/s1. The molecule has 0 saturated carbocycles. The summed E-state index contributed by atoms with van der Waals surface area (Å²) in [5.41, 5.74) is 6.66. The fourth-order valence-corrected chi connectivity index (χ4v) is 6.59. The van der Waals surface area contributed by atoms with E-state index in [1.54, 1.807) is 24.5 Å². The molecule has 0 spiro atoms. The van der Waals surface area contributed by atoms with E-state index >= 15 is 0 Å². The van der Waals surface area contributed by atoms with Crippen LogP contribution in [0.4, 0.5) is 0 Å². The molecule has 2 N–H and O–H groups in total. The minimum Gasteiger partial charge on any atom is -0.392 e. The lowest BCUT2D eigenvalue weighted by Gasteiger charge is -2.43. The summed E-state index contributed by atoms with van der Waals surface area (Å²) in [5.74, 6) is 0.00979. The average molecular weight is 620 g/mol. The second kappa shape index (κ2) is 15.6. The van der Waals surface area contributed by atoms with Crippen LogP contribution in [0.2, 0.25) is 0 Å². The monoisotopic (exact) mass is 619 g/mol. The number of carbonyl (C=O) groups excluding carboxylic acids is 1. The number of rotatable bonds is 9. The normalized spacial score (nSPS) is 22.5. The Hall–Kier alpha value is -3.88. The summed E-state index contributed by atoms with van der Waals surface area (Å²) in [6.07, 6.45) is 9.00. The van der Waals surface area contributed by atoms with Crippen LogP contribution >= 0.6 is 0 Å². The summed E-state index contributed by atoms with van der Waals surface area (Å²) < 4.78 is 13.6. The van der Waals surface area contributed by atoms with Gasteiger partial charge in [0.05, 0.1) is 24.4 Å². The molecular formula is C39H45N3O4. The molecule has 2 saturated heterocycles. The Morgan fingerprint density at radius 3 is 2.33 bits per heavy atom. The van der Waals surface area contributed by atoms with Crippen molar-refractivity contribution in [3.63, 3.8) is 0 Å². The maximum atomic E-state index is 12.6. The zero-order valence-electron chi connectivity index (χ0n) is 26.7. The molecule has 0 unspecified atom stereocenters. The lowest BCUT2D eigenvalue weighted by Crippen LogP contribution is -2.45. The van der Waals surface area contributed by atoms with Gasteiger partial charge in [-0.15, -0.1) is 0 Å². The molecule has 0 radical (unpaired) electrons. The highest BCUT2D eigenvalue weighted by Crippen LogP contribution is 2.42. The predicted octanol–water partition coefficient (Wildman–Crippen LogP) is 7.23. The highest BCUT2D eigenvalue weighted by atomic mass is 16.7. The van der Waals surface area contributed by atoms with Crippen LogP contribution < -0.4 is 5.32 Å². The van der Waals surface area contributed by atoms with Crippen molar-refractivity contribution in [3.8, 4) is 11.1 Å². The molecule has 4 aromatic rings. The fourth-order valence-electron chi connectivity index (χ4n) is 6.59. The number of hydrogen-bond acceptors (Lipinski definition) is 6.